The molecule has 2 aliphatic rings. The van der Waals surface area contributed by atoms with Gasteiger partial charge in [-0.3, -0.25) is 14.5 Å². The van der Waals surface area contributed by atoms with Crippen LogP contribution in [0.25, 0.3) is 0 Å². The first kappa shape index (κ1) is 25.2. The first-order valence-corrected chi connectivity index (χ1v) is 11.2. The van der Waals surface area contributed by atoms with Crippen molar-refractivity contribution >= 4 is 30.4 Å². The highest BCUT2D eigenvalue weighted by molar-refractivity contribution is 6.02. The molecule has 1 fully saturated rings. The van der Waals surface area contributed by atoms with E-state index < -0.39 is 30.1 Å². The number of likely N-dealkylation sites (N-methyl/N-ethyl adjacent to an activating group) is 2. The van der Waals surface area contributed by atoms with Crippen LogP contribution < -0.4 is 5.43 Å². The molecule has 2 N–H and O–H groups in total. The van der Waals surface area contributed by atoms with E-state index in [2.05, 4.69) is 15.5 Å². The second-order valence-corrected chi connectivity index (χ2v) is 10.8. The standard InChI is InChI=1S/C24H34N6O4/c1-23(2,3)15-9-14(10-16(19(15)32)24(4,5)6)11-26-27-17(31)12-30-13-25-20-18(30)21(33)29(8)22(34)28(20)7/h9-11,13,18,20,32H,12H2,1-8H3,(H,27,31)/b26-11+. The monoisotopic (exact) mass is 470 g/mol. The Bertz CT molecular complexity index is 1030. The van der Waals surface area contributed by atoms with Gasteiger partial charge in [0.2, 0.25) is 0 Å². The number of carbonyl (C=O) groups is 3. The summed E-state index contributed by atoms with van der Waals surface area (Å²) in [4.78, 5) is 45.4. The van der Waals surface area contributed by atoms with Gasteiger partial charge in [-0.05, 0) is 28.5 Å². The molecule has 4 amide bonds. The van der Waals surface area contributed by atoms with Gasteiger partial charge in [-0.1, -0.05) is 41.5 Å². The Morgan fingerprint density at radius 1 is 1.12 bits per heavy atom. The quantitative estimate of drug-likeness (QED) is 0.516. The Hall–Kier alpha value is -3.43. The van der Waals surface area contributed by atoms with Crippen molar-refractivity contribution in [3.8, 4) is 5.75 Å². The summed E-state index contributed by atoms with van der Waals surface area (Å²) in [6, 6.07) is 2.54. The topological polar surface area (TPSA) is 118 Å². The molecule has 2 aliphatic heterocycles. The fourth-order valence-corrected chi connectivity index (χ4v) is 4.10. The smallest absolute Gasteiger partial charge is 0.328 e. The second-order valence-electron chi connectivity index (χ2n) is 10.8. The van der Waals surface area contributed by atoms with Gasteiger partial charge in [0, 0.05) is 25.2 Å². The minimum absolute atomic E-state index is 0.139. The van der Waals surface area contributed by atoms with Crippen molar-refractivity contribution in [3.63, 3.8) is 0 Å². The van der Waals surface area contributed by atoms with E-state index in [1.807, 2.05) is 53.7 Å². The lowest BCUT2D eigenvalue weighted by Crippen LogP contribution is -2.64. The lowest BCUT2D eigenvalue weighted by atomic mass is 9.78. The maximum atomic E-state index is 12.6. The fraction of sp³-hybridized carbons (Fsp3) is 0.542. The highest BCUT2D eigenvalue weighted by Crippen LogP contribution is 2.39. The van der Waals surface area contributed by atoms with Crippen LogP contribution in [0.2, 0.25) is 0 Å². The van der Waals surface area contributed by atoms with Gasteiger partial charge in [-0.25, -0.2) is 15.2 Å². The van der Waals surface area contributed by atoms with E-state index in [1.165, 1.54) is 29.4 Å². The van der Waals surface area contributed by atoms with Gasteiger partial charge in [0.1, 0.15) is 12.3 Å². The van der Waals surface area contributed by atoms with Crippen molar-refractivity contribution in [1.29, 1.82) is 0 Å². The molecule has 0 saturated carbocycles. The molecule has 1 saturated heterocycles. The number of hydrogen-bond donors (Lipinski definition) is 2. The highest BCUT2D eigenvalue weighted by atomic mass is 16.3. The van der Waals surface area contributed by atoms with Gasteiger partial charge in [-0.2, -0.15) is 5.10 Å². The molecule has 2 unspecified atom stereocenters. The number of nitrogens with one attached hydrogen (secondary N) is 1. The van der Waals surface area contributed by atoms with E-state index in [0.717, 1.165) is 21.6 Å². The third-order valence-electron chi connectivity index (χ3n) is 6.05. The summed E-state index contributed by atoms with van der Waals surface area (Å²) in [5.74, 6) is -0.561. The number of benzene rings is 1. The molecule has 3 rings (SSSR count). The summed E-state index contributed by atoms with van der Waals surface area (Å²) >= 11 is 0. The molecule has 184 valence electrons. The van der Waals surface area contributed by atoms with Gasteiger partial charge in [0.15, 0.2) is 12.2 Å². The maximum Gasteiger partial charge on any atom is 0.328 e. The minimum atomic E-state index is -0.747. The number of imide groups is 1. The largest absolute Gasteiger partial charge is 0.507 e. The number of hydrogen-bond acceptors (Lipinski definition) is 7. The number of aromatic hydroxyl groups is 1. The molecular weight excluding hydrogens is 436 g/mol. The van der Waals surface area contributed by atoms with Gasteiger partial charge >= 0.3 is 6.03 Å². The van der Waals surface area contributed by atoms with E-state index in [0.29, 0.717) is 0 Å². The normalized spacial score (nSPS) is 21.0. The number of hydrazone groups is 1. The third-order valence-corrected chi connectivity index (χ3v) is 6.05. The lowest BCUT2D eigenvalue weighted by molar-refractivity contribution is -0.136. The number of phenols is 1. The molecule has 34 heavy (non-hydrogen) atoms. The van der Waals surface area contributed by atoms with Crippen LogP contribution in [0, 0.1) is 0 Å². The number of carbonyl (C=O) groups excluding carboxylic acids is 3. The lowest BCUT2D eigenvalue weighted by Gasteiger charge is -2.39. The molecule has 2 atom stereocenters. The van der Waals surface area contributed by atoms with Crippen LogP contribution in [0.4, 0.5) is 4.79 Å². The molecule has 0 bridgehead atoms. The maximum absolute atomic E-state index is 12.6. The minimum Gasteiger partial charge on any atom is -0.507 e. The number of rotatable bonds is 4. The number of aliphatic imine (C=N–C) groups is 1. The predicted molar refractivity (Wildman–Crippen MR) is 130 cm³/mol. The first-order chi connectivity index (χ1) is 15.6. The summed E-state index contributed by atoms with van der Waals surface area (Å²) in [6.45, 7) is 12.0. The number of phenolic OH excluding ortho intramolecular Hbond substituents is 1. The Kier molecular flexibility index (Phi) is 6.47. The molecule has 0 aliphatic carbocycles. The van der Waals surface area contributed by atoms with E-state index >= 15 is 0 Å². The Labute approximate surface area is 200 Å². The Morgan fingerprint density at radius 3 is 2.21 bits per heavy atom. The first-order valence-electron chi connectivity index (χ1n) is 11.2. The van der Waals surface area contributed by atoms with Crippen LogP contribution in [0.3, 0.4) is 0 Å². The van der Waals surface area contributed by atoms with Crippen molar-refractivity contribution in [2.24, 2.45) is 10.1 Å². The van der Waals surface area contributed by atoms with Crippen molar-refractivity contribution in [3.05, 3.63) is 28.8 Å². The number of nitrogens with zero attached hydrogens (tertiary/aromatic N) is 5. The van der Waals surface area contributed by atoms with Gasteiger partial charge in [-0.15, -0.1) is 0 Å². The van der Waals surface area contributed by atoms with E-state index in [-0.39, 0.29) is 23.1 Å². The zero-order chi connectivity index (χ0) is 25.6. The summed E-state index contributed by atoms with van der Waals surface area (Å²) < 4.78 is 0. The summed E-state index contributed by atoms with van der Waals surface area (Å²) in [7, 11) is 2.98. The third kappa shape index (κ3) is 4.76. The molecule has 0 spiro atoms. The van der Waals surface area contributed by atoms with Crippen LogP contribution in [-0.4, -0.2) is 83.1 Å². The van der Waals surface area contributed by atoms with Crippen LogP contribution in [0.5, 0.6) is 5.75 Å². The van der Waals surface area contributed by atoms with Crippen molar-refractivity contribution in [2.45, 2.75) is 64.6 Å². The molecule has 10 heteroatoms. The van der Waals surface area contributed by atoms with Gasteiger partial charge in [0.05, 0.1) is 12.6 Å². The average Bonchev–Trinajstić information content (AvgIpc) is 3.13. The summed E-state index contributed by atoms with van der Waals surface area (Å²) in [6.07, 6.45) is 2.30. The van der Waals surface area contributed by atoms with E-state index in [4.69, 9.17) is 0 Å². The zero-order valence-electron chi connectivity index (χ0n) is 21.1. The molecule has 0 aromatic heterocycles. The Balaban J connectivity index is 1.73. The van der Waals surface area contributed by atoms with Crippen LogP contribution in [0.15, 0.2) is 22.2 Å². The summed E-state index contributed by atoms with van der Waals surface area (Å²) in [5, 5.41) is 14.9. The number of amides is 4. The number of urea groups is 1. The molecule has 1 aromatic carbocycles. The van der Waals surface area contributed by atoms with Crippen molar-refractivity contribution in [1.82, 2.24) is 20.1 Å². The van der Waals surface area contributed by atoms with E-state index in [1.54, 1.807) is 7.05 Å². The fourth-order valence-electron chi connectivity index (χ4n) is 4.10. The van der Waals surface area contributed by atoms with Crippen LogP contribution >= 0.6 is 0 Å². The van der Waals surface area contributed by atoms with E-state index in [9.17, 15) is 19.5 Å². The van der Waals surface area contributed by atoms with Gasteiger partial charge in [0.25, 0.3) is 11.8 Å². The molecular formula is C24H34N6O4. The molecule has 0 radical (unpaired) electrons. The van der Waals surface area contributed by atoms with Crippen molar-refractivity contribution in [2.75, 3.05) is 20.6 Å². The van der Waals surface area contributed by atoms with Crippen LogP contribution in [-0.2, 0) is 20.4 Å². The SMILES string of the molecule is CN1C(=O)C2C(N=CN2CC(=O)N/N=C/c2cc(C(C)(C)C)c(O)c(C(C)(C)C)c2)N(C)C1=O. The zero-order valence-corrected chi connectivity index (χ0v) is 21.1. The van der Waals surface area contributed by atoms with Crippen LogP contribution in [0.1, 0.15) is 58.2 Å². The number of fused-ring (bicyclic) bond motifs is 1. The Morgan fingerprint density at radius 2 is 1.68 bits per heavy atom. The second kappa shape index (κ2) is 8.73. The highest BCUT2D eigenvalue weighted by Gasteiger charge is 2.48. The summed E-state index contributed by atoms with van der Waals surface area (Å²) in [5.41, 5.74) is 4.27. The van der Waals surface area contributed by atoms with Gasteiger partial charge < -0.3 is 14.9 Å². The predicted octanol–water partition coefficient (Wildman–Crippen LogP) is 2.00. The molecule has 10 nitrogen and oxygen atoms in total. The average molecular weight is 471 g/mol. The van der Waals surface area contributed by atoms with Crippen molar-refractivity contribution < 1.29 is 19.5 Å². The molecule has 2 heterocycles. The molecule has 1 aromatic rings.